The van der Waals surface area contributed by atoms with Gasteiger partial charge in [-0.05, 0) is 31.5 Å². The van der Waals surface area contributed by atoms with E-state index in [0.717, 1.165) is 25.9 Å². The molecule has 1 aromatic carbocycles. The molecular formula is C14H20ClFN2O2. The van der Waals surface area contributed by atoms with Gasteiger partial charge in [0.25, 0.3) is 0 Å². The summed E-state index contributed by atoms with van der Waals surface area (Å²) in [5, 5.41) is 5.73. The number of rotatable bonds is 3. The first-order valence-corrected chi connectivity index (χ1v) is 7.09. The second kappa shape index (κ2) is 10.5. The van der Waals surface area contributed by atoms with Crippen molar-refractivity contribution in [2.24, 2.45) is 0 Å². The molecule has 112 valence electrons. The van der Waals surface area contributed by atoms with Crippen LogP contribution in [0.4, 0.5) is 9.18 Å². The van der Waals surface area contributed by atoms with Gasteiger partial charge < -0.3 is 15.4 Å². The minimum Gasteiger partial charge on any atom is -0.418 e. The van der Waals surface area contributed by atoms with Crippen molar-refractivity contribution in [2.45, 2.75) is 24.8 Å². The molecule has 0 aliphatic carbocycles. The van der Waals surface area contributed by atoms with Crippen molar-refractivity contribution in [2.75, 3.05) is 20.0 Å². The minimum absolute atomic E-state index is 0.130. The molecule has 0 aromatic heterocycles. The molecule has 0 unspecified atom stereocenters. The third kappa shape index (κ3) is 7.31. The molecule has 1 amide bonds. The standard InChI is InChI=1S/C7H7Cl.C7H13FN2O2/c8-6-7-4-2-1-3-5-7;8-5-12-7(11)10-6-1-3-9-4-2-6/h1-5H,6H2;6,9H,1-5H2,(H,10,11). The van der Waals surface area contributed by atoms with E-state index in [4.69, 9.17) is 11.6 Å². The first kappa shape index (κ1) is 16.7. The highest BCUT2D eigenvalue weighted by Gasteiger charge is 2.15. The third-order valence-electron chi connectivity index (χ3n) is 2.84. The predicted molar refractivity (Wildman–Crippen MR) is 77.5 cm³/mol. The first-order valence-electron chi connectivity index (χ1n) is 6.56. The van der Waals surface area contributed by atoms with E-state index in [1.54, 1.807) is 0 Å². The molecule has 1 fully saturated rings. The van der Waals surface area contributed by atoms with Crippen LogP contribution in [0.5, 0.6) is 0 Å². The van der Waals surface area contributed by atoms with Gasteiger partial charge in [-0.3, -0.25) is 0 Å². The molecule has 1 saturated heterocycles. The molecule has 1 aliphatic heterocycles. The van der Waals surface area contributed by atoms with Crippen LogP contribution in [0.2, 0.25) is 0 Å². The van der Waals surface area contributed by atoms with Gasteiger partial charge in [-0.25, -0.2) is 9.18 Å². The zero-order valence-corrected chi connectivity index (χ0v) is 12.0. The largest absolute Gasteiger partial charge is 0.418 e. The normalized spacial score (nSPS) is 14.9. The molecule has 1 aromatic rings. The number of halogens is 2. The van der Waals surface area contributed by atoms with Gasteiger partial charge in [0.1, 0.15) is 0 Å². The van der Waals surface area contributed by atoms with Crippen molar-refractivity contribution in [1.29, 1.82) is 0 Å². The predicted octanol–water partition coefficient (Wildman–Crippen LogP) is 2.82. The maximum Gasteiger partial charge on any atom is 0.409 e. The van der Waals surface area contributed by atoms with Gasteiger partial charge in [-0.2, -0.15) is 0 Å². The smallest absolute Gasteiger partial charge is 0.409 e. The summed E-state index contributed by atoms with van der Waals surface area (Å²) in [4.78, 5) is 10.7. The van der Waals surface area contributed by atoms with Gasteiger partial charge in [0.15, 0.2) is 0 Å². The number of carbonyl (C=O) groups is 1. The lowest BCUT2D eigenvalue weighted by molar-refractivity contribution is 0.0941. The van der Waals surface area contributed by atoms with E-state index in [1.807, 2.05) is 30.3 Å². The fourth-order valence-electron chi connectivity index (χ4n) is 1.79. The lowest BCUT2D eigenvalue weighted by Gasteiger charge is -2.22. The lowest BCUT2D eigenvalue weighted by atomic mass is 10.1. The van der Waals surface area contributed by atoms with E-state index >= 15 is 0 Å². The fraction of sp³-hybridized carbons (Fsp3) is 0.500. The summed E-state index contributed by atoms with van der Waals surface area (Å²) >= 11 is 5.53. The van der Waals surface area contributed by atoms with Gasteiger partial charge in [-0.15, -0.1) is 11.6 Å². The minimum atomic E-state index is -1.06. The molecule has 2 rings (SSSR count). The van der Waals surface area contributed by atoms with Crippen molar-refractivity contribution >= 4 is 17.7 Å². The van der Waals surface area contributed by atoms with Crippen molar-refractivity contribution < 1.29 is 13.9 Å². The molecule has 0 bridgehead atoms. The average molecular weight is 303 g/mol. The van der Waals surface area contributed by atoms with Gasteiger partial charge in [0.2, 0.25) is 6.86 Å². The summed E-state index contributed by atoms with van der Waals surface area (Å²) < 4.78 is 15.6. The maximum atomic E-state index is 11.5. The molecule has 6 heteroatoms. The number of amides is 1. The van der Waals surface area contributed by atoms with E-state index in [9.17, 15) is 9.18 Å². The average Bonchev–Trinajstić information content (AvgIpc) is 2.50. The van der Waals surface area contributed by atoms with E-state index in [0.29, 0.717) is 5.88 Å². The van der Waals surface area contributed by atoms with E-state index in [2.05, 4.69) is 15.4 Å². The number of benzene rings is 1. The topological polar surface area (TPSA) is 50.4 Å². The van der Waals surface area contributed by atoms with Crippen LogP contribution in [0.15, 0.2) is 30.3 Å². The molecule has 0 atom stereocenters. The van der Waals surface area contributed by atoms with E-state index in [1.165, 1.54) is 5.56 Å². The van der Waals surface area contributed by atoms with Crippen molar-refractivity contribution in [3.63, 3.8) is 0 Å². The van der Waals surface area contributed by atoms with Gasteiger partial charge in [0.05, 0.1) is 0 Å². The lowest BCUT2D eigenvalue weighted by Crippen LogP contribution is -2.42. The van der Waals surface area contributed by atoms with Gasteiger partial charge in [0, 0.05) is 11.9 Å². The summed E-state index contributed by atoms with van der Waals surface area (Å²) in [6.45, 7) is 0.720. The highest BCUT2D eigenvalue weighted by atomic mass is 35.5. The monoisotopic (exact) mass is 302 g/mol. The second-order valence-electron chi connectivity index (χ2n) is 4.33. The number of nitrogens with one attached hydrogen (secondary N) is 2. The molecule has 4 nitrogen and oxygen atoms in total. The molecule has 20 heavy (non-hydrogen) atoms. The van der Waals surface area contributed by atoms with Gasteiger partial charge >= 0.3 is 6.09 Å². The maximum absolute atomic E-state index is 11.5. The Labute approximate surface area is 123 Å². The Kier molecular flexibility index (Phi) is 8.74. The van der Waals surface area contributed by atoms with Crippen LogP contribution < -0.4 is 10.6 Å². The Bertz CT molecular complexity index is 373. The van der Waals surface area contributed by atoms with Crippen molar-refractivity contribution in [1.82, 2.24) is 10.6 Å². The number of alkyl carbamates (subject to hydrolysis) is 1. The molecule has 1 aliphatic rings. The number of alkyl halides is 2. The number of ether oxygens (including phenoxy) is 1. The van der Waals surface area contributed by atoms with Crippen LogP contribution in [-0.4, -0.2) is 32.1 Å². The van der Waals surface area contributed by atoms with Crippen LogP contribution in [0.1, 0.15) is 18.4 Å². The number of piperidine rings is 1. The Morgan fingerprint density at radius 3 is 2.50 bits per heavy atom. The summed E-state index contributed by atoms with van der Waals surface area (Å²) in [6, 6.07) is 10.1. The van der Waals surface area contributed by atoms with Crippen LogP contribution in [0.3, 0.4) is 0 Å². The highest BCUT2D eigenvalue weighted by molar-refractivity contribution is 6.17. The third-order valence-corrected chi connectivity index (χ3v) is 3.15. The fourth-order valence-corrected chi connectivity index (χ4v) is 1.97. The number of carbonyl (C=O) groups excluding carboxylic acids is 1. The first-order chi connectivity index (χ1) is 9.76. The highest BCUT2D eigenvalue weighted by Crippen LogP contribution is 2.02. The van der Waals surface area contributed by atoms with Crippen LogP contribution in [0, 0.1) is 0 Å². The molecule has 1 heterocycles. The summed E-state index contributed by atoms with van der Waals surface area (Å²) in [7, 11) is 0. The van der Waals surface area contributed by atoms with Crippen LogP contribution in [-0.2, 0) is 10.6 Å². The number of hydrogen-bond donors (Lipinski definition) is 2. The Balaban J connectivity index is 0.000000217. The molecular weight excluding hydrogens is 283 g/mol. The Hall–Kier alpha value is -1.33. The summed E-state index contributed by atoms with van der Waals surface area (Å²) in [5.41, 5.74) is 1.18. The van der Waals surface area contributed by atoms with Crippen LogP contribution in [0.25, 0.3) is 0 Å². The summed E-state index contributed by atoms with van der Waals surface area (Å²) in [6.07, 6.45) is 1.09. The molecule has 0 radical (unpaired) electrons. The zero-order valence-electron chi connectivity index (χ0n) is 11.3. The quantitative estimate of drug-likeness (QED) is 0.844. The summed E-state index contributed by atoms with van der Waals surface area (Å²) in [5.74, 6) is 0.612. The number of hydrogen-bond acceptors (Lipinski definition) is 3. The molecule has 2 N–H and O–H groups in total. The van der Waals surface area contributed by atoms with Crippen molar-refractivity contribution in [3.05, 3.63) is 35.9 Å². The van der Waals surface area contributed by atoms with Gasteiger partial charge in [-0.1, -0.05) is 30.3 Å². The SMILES string of the molecule is ClCc1ccccc1.O=C(NC1CCNCC1)OCF. The Morgan fingerprint density at radius 1 is 1.35 bits per heavy atom. The van der Waals surface area contributed by atoms with E-state index in [-0.39, 0.29) is 6.04 Å². The van der Waals surface area contributed by atoms with Crippen molar-refractivity contribution in [3.8, 4) is 0 Å². The van der Waals surface area contributed by atoms with Crippen LogP contribution >= 0.6 is 11.6 Å². The Morgan fingerprint density at radius 2 is 2.00 bits per heavy atom. The zero-order chi connectivity index (χ0) is 14.6. The molecule has 0 saturated carbocycles. The molecule has 0 spiro atoms. The van der Waals surface area contributed by atoms with E-state index < -0.39 is 13.0 Å². The second-order valence-corrected chi connectivity index (χ2v) is 4.60.